The van der Waals surface area contributed by atoms with Crippen LogP contribution < -0.4 is 0 Å². The van der Waals surface area contributed by atoms with E-state index in [9.17, 15) is 9.90 Å². The number of fused-ring (bicyclic) bond motifs is 5. The molecule has 1 N–H and O–H groups in total. The molecular weight excluding hydrogens is 424 g/mol. The van der Waals surface area contributed by atoms with Crippen molar-refractivity contribution in [3.63, 3.8) is 0 Å². The number of benzene rings is 5. The molecule has 0 unspecified atom stereocenters. The molecule has 2 nitrogen and oxygen atoms in total. The number of carbonyl (C=O) groups excluding carboxylic acids is 1. The third kappa shape index (κ3) is 2.81. The van der Waals surface area contributed by atoms with Gasteiger partial charge < -0.3 is 5.11 Å². The lowest BCUT2D eigenvalue weighted by Gasteiger charge is -2.14. The van der Waals surface area contributed by atoms with Crippen molar-refractivity contribution in [2.45, 2.75) is 6.92 Å². The Kier molecular flexibility index (Phi) is 4.14. The van der Waals surface area contributed by atoms with Crippen LogP contribution in [-0.4, -0.2) is 10.9 Å². The van der Waals surface area contributed by atoms with Crippen LogP contribution >= 0.6 is 15.9 Å². The molecule has 0 radical (unpaired) electrons. The molecule has 0 amide bonds. The number of halogens is 1. The van der Waals surface area contributed by atoms with Crippen molar-refractivity contribution >= 4 is 54.0 Å². The molecule has 0 aliphatic rings. The van der Waals surface area contributed by atoms with Crippen LogP contribution in [0, 0.1) is 0 Å². The van der Waals surface area contributed by atoms with Gasteiger partial charge in [-0.25, -0.2) is 0 Å². The molecule has 0 atom stereocenters. The average Bonchev–Trinajstić information content (AvgIpc) is 2.74. The monoisotopic (exact) mass is 440 g/mol. The Bertz CT molecular complexity index is 1450. The third-order valence-corrected chi connectivity index (χ3v) is 6.17. The number of carbonyl (C=O) groups is 1. The van der Waals surface area contributed by atoms with Crippen molar-refractivity contribution in [2.24, 2.45) is 0 Å². The fraction of sp³-hybridized carbons (Fsp3) is 0.0385. The Morgan fingerprint density at radius 2 is 1.31 bits per heavy atom. The maximum Gasteiger partial charge on any atom is 0.163 e. The molecule has 0 aromatic heterocycles. The number of Topliss-reactive ketones (excluding diaryl/α,β-unsaturated/α-hetero) is 1. The van der Waals surface area contributed by atoms with Crippen LogP contribution in [0.4, 0.5) is 0 Å². The predicted octanol–water partition coefficient (Wildman–Crippen LogP) is 7.48. The highest BCUT2D eigenvalue weighted by atomic mass is 79.9. The van der Waals surface area contributed by atoms with E-state index in [4.69, 9.17) is 0 Å². The van der Waals surface area contributed by atoms with Gasteiger partial charge in [0.15, 0.2) is 5.78 Å². The van der Waals surface area contributed by atoms with Gasteiger partial charge in [0.1, 0.15) is 5.75 Å². The number of ketones is 1. The lowest BCUT2D eigenvalue weighted by atomic mass is 9.90. The second-order valence-corrected chi connectivity index (χ2v) is 8.11. The van der Waals surface area contributed by atoms with Crippen LogP contribution in [0.5, 0.6) is 5.75 Å². The fourth-order valence-electron chi connectivity index (χ4n) is 4.13. The zero-order valence-corrected chi connectivity index (χ0v) is 17.3. The first kappa shape index (κ1) is 17.9. The van der Waals surface area contributed by atoms with Gasteiger partial charge in [0.05, 0.1) is 5.56 Å². The molecule has 0 aliphatic carbocycles. The van der Waals surface area contributed by atoms with E-state index in [-0.39, 0.29) is 11.5 Å². The van der Waals surface area contributed by atoms with Crippen molar-refractivity contribution in [3.8, 4) is 16.9 Å². The highest BCUT2D eigenvalue weighted by Crippen LogP contribution is 2.41. The third-order valence-electron chi connectivity index (χ3n) is 5.52. The van der Waals surface area contributed by atoms with E-state index in [0.717, 1.165) is 37.1 Å². The number of hydrogen-bond acceptors (Lipinski definition) is 2. The molecule has 0 aliphatic heterocycles. The lowest BCUT2D eigenvalue weighted by Crippen LogP contribution is -1.94. The van der Waals surface area contributed by atoms with Crippen LogP contribution in [0.3, 0.4) is 0 Å². The molecule has 5 aromatic carbocycles. The second-order valence-electron chi connectivity index (χ2n) is 7.26. The van der Waals surface area contributed by atoms with Gasteiger partial charge in [-0.3, -0.25) is 4.79 Å². The number of rotatable bonds is 2. The molecule has 29 heavy (non-hydrogen) atoms. The molecule has 140 valence electrons. The number of phenols is 1. The van der Waals surface area contributed by atoms with Crippen molar-refractivity contribution in [1.82, 2.24) is 0 Å². The van der Waals surface area contributed by atoms with E-state index >= 15 is 0 Å². The van der Waals surface area contributed by atoms with Gasteiger partial charge in [0, 0.05) is 4.47 Å². The summed E-state index contributed by atoms with van der Waals surface area (Å²) in [6.07, 6.45) is 0. The summed E-state index contributed by atoms with van der Waals surface area (Å²) in [5, 5.41) is 17.0. The maximum atomic E-state index is 12.0. The molecule has 0 saturated carbocycles. The van der Waals surface area contributed by atoms with Crippen LogP contribution in [0.2, 0.25) is 0 Å². The van der Waals surface area contributed by atoms with Gasteiger partial charge in [-0.05, 0) is 74.6 Å². The summed E-state index contributed by atoms with van der Waals surface area (Å²) in [5.74, 6) is -0.135. The van der Waals surface area contributed by atoms with Gasteiger partial charge in [-0.1, -0.05) is 70.5 Å². The van der Waals surface area contributed by atoms with E-state index in [1.165, 1.54) is 17.7 Å². The predicted molar refractivity (Wildman–Crippen MR) is 124 cm³/mol. The first-order valence-electron chi connectivity index (χ1n) is 9.41. The van der Waals surface area contributed by atoms with Crippen LogP contribution in [0.15, 0.2) is 83.3 Å². The van der Waals surface area contributed by atoms with Crippen molar-refractivity contribution in [1.29, 1.82) is 0 Å². The Balaban J connectivity index is 1.96. The minimum absolute atomic E-state index is 0.0146. The van der Waals surface area contributed by atoms with Crippen molar-refractivity contribution in [2.75, 3.05) is 0 Å². The van der Waals surface area contributed by atoms with Gasteiger partial charge in [0.2, 0.25) is 0 Å². The summed E-state index contributed by atoms with van der Waals surface area (Å²) in [4.78, 5) is 12.0. The molecular formula is C26H17BrO2. The van der Waals surface area contributed by atoms with Gasteiger partial charge in [-0.2, -0.15) is 0 Å². The van der Waals surface area contributed by atoms with E-state index in [1.54, 1.807) is 12.1 Å². The zero-order chi connectivity index (χ0) is 20.1. The Hall–Kier alpha value is -3.17. The Morgan fingerprint density at radius 1 is 0.724 bits per heavy atom. The zero-order valence-electron chi connectivity index (χ0n) is 15.7. The fourth-order valence-corrected chi connectivity index (χ4v) is 4.71. The number of hydrogen-bond donors (Lipinski definition) is 1. The molecule has 5 aromatic rings. The van der Waals surface area contributed by atoms with Gasteiger partial charge >= 0.3 is 0 Å². The SMILES string of the molecule is CC(=O)c1cc(-c2cc3c4ccccc4c(Br)cc3c3ccccc23)ccc1O. The van der Waals surface area contributed by atoms with Crippen molar-refractivity contribution < 1.29 is 9.90 Å². The normalized spacial score (nSPS) is 11.4. The summed E-state index contributed by atoms with van der Waals surface area (Å²) < 4.78 is 1.07. The Labute approximate surface area is 176 Å². The first-order valence-corrected chi connectivity index (χ1v) is 10.2. The second kappa shape index (κ2) is 6.71. The summed E-state index contributed by atoms with van der Waals surface area (Å²) >= 11 is 3.74. The van der Waals surface area contributed by atoms with Crippen LogP contribution in [0.25, 0.3) is 43.4 Å². The maximum absolute atomic E-state index is 12.0. The van der Waals surface area contributed by atoms with Gasteiger partial charge in [-0.15, -0.1) is 0 Å². The topological polar surface area (TPSA) is 37.3 Å². The van der Waals surface area contributed by atoms with E-state index < -0.39 is 0 Å². The number of phenolic OH excluding ortho intramolecular Hbond substituents is 1. The van der Waals surface area contributed by atoms with Crippen LogP contribution in [0.1, 0.15) is 17.3 Å². The minimum Gasteiger partial charge on any atom is -0.507 e. The summed E-state index contributed by atoms with van der Waals surface area (Å²) in [5.41, 5.74) is 2.30. The highest BCUT2D eigenvalue weighted by molar-refractivity contribution is 9.10. The first-order chi connectivity index (χ1) is 14.0. The molecule has 0 saturated heterocycles. The molecule has 0 bridgehead atoms. The summed E-state index contributed by atoms with van der Waals surface area (Å²) in [6.45, 7) is 1.47. The van der Waals surface area contributed by atoms with E-state index in [2.05, 4.69) is 58.4 Å². The highest BCUT2D eigenvalue weighted by Gasteiger charge is 2.14. The number of aromatic hydroxyl groups is 1. The summed E-state index contributed by atoms with van der Waals surface area (Å²) in [6, 6.07) is 26.3. The van der Waals surface area contributed by atoms with E-state index in [0.29, 0.717) is 5.56 Å². The smallest absolute Gasteiger partial charge is 0.163 e. The van der Waals surface area contributed by atoms with Crippen LogP contribution in [-0.2, 0) is 0 Å². The lowest BCUT2D eigenvalue weighted by molar-refractivity contribution is 0.101. The van der Waals surface area contributed by atoms with E-state index in [1.807, 2.05) is 24.3 Å². The van der Waals surface area contributed by atoms with Gasteiger partial charge in [0.25, 0.3) is 0 Å². The largest absolute Gasteiger partial charge is 0.507 e. The summed E-state index contributed by atoms with van der Waals surface area (Å²) in [7, 11) is 0. The van der Waals surface area contributed by atoms with Crippen molar-refractivity contribution in [3.05, 3.63) is 88.9 Å². The minimum atomic E-state index is -0.149. The molecule has 0 heterocycles. The quantitative estimate of drug-likeness (QED) is 0.228. The molecule has 0 spiro atoms. The standard InChI is InChI=1S/C26H17BrO2/c1-15(28)21-12-16(10-11-26(21)29)22-13-23-19-8-4-5-9-20(19)25(27)14-24(23)18-7-3-2-6-17(18)22/h2-14,29H,1H3. The molecule has 0 fully saturated rings. The molecule has 5 rings (SSSR count). The molecule has 3 heteroatoms. The Morgan fingerprint density at radius 3 is 2.00 bits per heavy atom. The average molecular weight is 441 g/mol.